The zero-order valence-corrected chi connectivity index (χ0v) is 13.8. The zero-order chi connectivity index (χ0) is 17.4. The molecule has 0 radical (unpaired) electrons. The van der Waals surface area contributed by atoms with E-state index in [9.17, 15) is 4.79 Å². The number of benzene rings is 2. The molecule has 0 aromatic heterocycles. The van der Waals surface area contributed by atoms with Gasteiger partial charge in [0.1, 0.15) is 12.4 Å². The van der Waals surface area contributed by atoms with Crippen molar-refractivity contribution in [1.82, 2.24) is 5.32 Å². The third kappa shape index (κ3) is 5.32. The molecule has 24 heavy (non-hydrogen) atoms. The van der Waals surface area contributed by atoms with Gasteiger partial charge in [-0.05, 0) is 36.3 Å². The number of rotatable bonds is 7. The molecule has 0 spiro atoms. The molecule has 4 heteroatoms. The van der Waals surface area contributed by atoms with Gasteiger partial charge in [0, 0.05) is 12.6 Å². The Morgan fingerprint density at radius 2 is 2.00 bits per heavy atom. The molecule has 0 saturated heterocycles. The highest BCUT2D eigenvalue weighted by Crippen LogP contribution is 2.23. The minimum atomic E-state index is -0.152. The topological polar surface area (TPSA) is 64.3 Å². The second-order valence-corrected chi connectivity index (χ2v) is 5.43. The Morgan fingerprint density at radius 1 is 1.25 bits per heavy atom. The number of aryl methyl sites for hydroxylation is 1. The summed E-state index contributed by atoms with van der Waals surface area (Å²) in [6, 6.07) is 13.4. The van der Waals surface area contributed by atoms with Crippen LogP contribution < -0.4 is 15.8 Å². The van der Waals surface area contributed by atoms with Crippen LogP contribution in [0.15, 0.2) is 61.2 Å². The Balaban J connectivity index is 1.89. The zero-order valence-electron chi connectivity index (χ0n) is 13.8. The maximum Gasteiger partial charge on any atom is 0.244 e. The highest BCUT2D eigenvalue weighted by Gasteiger charge is 2.01. The number of hydrogen-bond acceptors (Lipinski definition) is 3. The molecule has 0 fully saturated rings. The molecule has 0 bridgehead atoms. The average Bonchev–Trinajstić information content (AvgIpc) is 2.58. The fourth-order valence-corrected chi connectivity index (χ4v) is 2.08. The Morgan fingerprint density at radius 3 is 2.67 bits per heavy atom. The summed E-state index contributed by atoms with van der Waals surface area (Å²) in [6.45, 7) is 6.53. The van der Waals surface area contributed by atoms with Crippen molar-refractivity contribution in [2.24, 2.45) is 0 Å². The monoisotopic (exact) mass is 322 g/mol. The Labute approximate surface area is 142 Å². The lowest BCUT2D eigenvalue weighted by molar-refractivity contribution is -0.116. The van der Waals surface area contributed by atoms with Crippen LogP contribution in [0.3, 0.4) is 0 Å². The summed E-state index contributed by atoms with van der Waals surface area (Å²) in [5, 5.41) is 2.85. The number of ether oxygens (including phenoxy) is 1. The number of carbonyl (C=O) groups is 1. The second-order valence-electron chi connectivity index (χ2n) is 5.43. The number of carbonyl (C=O) groups excluding carboxylic acids is 1. The molecule has 1 amide bonds. The van der Waals surface area contributed by atoms with E-state index in [1.54, 1.807) is 24.3 Å². The maximum absolute atomic E-state index is 11.9. The summed E-state index contributed by atoms with van der Waals surface area (Å²) < 4.78 is 5.42. The predicted molar refractivity (Wildman–Crippen MR) is 98.6 cm³/mol. The molecule has 124 valence electrons. The summed E-state index contributed by atoms with van der Waals surface area (Å²) in [6.07, 6.45) is 4.87. The van der Waals surface area contributed by atoms with Crippen molar-refractivity contribution < 1.29 is 9.53 Å². The van der Waals surface area contributed by atoms with Gasteiger partial charge < -0.3 is 15.8 Å². The van der Waals surface area contributed by atoms with Crippen LogP contribution in [-0.4, -0.2) is 12.5 Å². The molecule has 0 aliphatic heterocycles. The van der Waals surface area contributed by atoms with Gasteiger partial charge in [0.15, 0.2) is 0 Å². The van der Waals surface area contributed by atoms with E-state index in [0.717, 1.165) is 11.1 Å². The van der Waals surface area contributed by atoms with Crippen LogP contribution in [0.5, 0.6) is 5.75 Å². The third-order valence-electron chi connectivity index (χ3n) is 3.41. The average molecular weight is 322 g/mol. The van der Waals surface area contributed by atoms with Crippen molar-refractivity contribution in [2.75, 3.05) is 12.3 Å². The molecule has 4 nitrogen and oxygen atoms in total. The molecule has 2 aromatic carbocycles. The standard InChI is InChI=1S/C20H22N2O2/c1-3-12-24-19-10-8-16(13-18(19)21)9-11-20(23)22-14-17-6-4-15(2)5-7-17/h3-11,13H,1,12,14,21H2,2H3,(H,22,23)/b11-9-. The Hall–Kier alpha value is -3.01. The predicted octanol–water partition coefficient (Wildman–Crippen LogP) is 3.47. The lowest BCUT2D eigenvalue weighted by Crippen LogP contribution is -2.20. The first-order valence-electron chi connectivity index (χ1n) is 7.73. The molecular weight excluding hydrogens is 300 g/mol. The summed E-state index contributed by atoms with van der Waals surface area (Å²) >= 11 is 0. The Bertz CT molecular complexity index is 734. The van der Waals surface area contributed by atoms with E-state index in [1.165, 1.54) is 11.6 Å². The highest BCUT2D eigenvalue weighted by atomic mass is 16.5. The molecule has 0 aliphatic carbocycles. The molecule has 0 aliphatic rings. The van der Waals surface area contributed by atoms with Crippen molar-refractivity contribution in [2.45, 2.75) is 13.5 Å². The van der Waals surface area contributed by atoms with Crippen LogP contribution in [0, 0.1) is 6.92 Å². The number of nitrogens with one attached hydrogen (secondary N) is 1. The van der Waals surface area contributed by atoms with E-state index in [0.29, 0.717) is 24.6 Å². The number of anilines is 1. The molecule has 0 saturated carbocycles. The van der Waals surface area contributed by atoms with Crippen LogP contribution in [0.2, 0.25) is 0 Å². The van der Waals surface area contributed by atoms with Gasteiger partial charge in [-0.15, -0.1) is 0 Å². The molecule has 0 atom stereocenters. The third-order valence-corrected chi connectivity index (χ3v) is 3.41. The summed E-state index contributed by atoms with van der Waals surface area (Å²) in [4.78, 5) is 11.9. The van der Waals surface area contributed by atoms with Gasteiger partial charge in [-0.3, -0.25) is 4.79 Å². The SMILES string of the molecule is C=CCOc1ccc(/C=C\C(=O)NCc2ccc(C)cc2)cc1N. The van der Waals surface area contributed by atoms with Crippen molar-refractivity contribution in [3.05, 3.63) is 77.9 Å². The molecule has 2 aromatic rings. The minimum Gasteiger partial charge on any atom is -0.487 e. The number of amides is 1. The van der Waals surface area contributed by atoms with E-state index < -0.39 is 0 Å². The number of nitrogen functional groups attached to an aromatic ring is 1. The van der Waals surface area contributed by atoms with Crippen LogP contribution >= 0.6 is 0 Å². The van der Waals surface area contributed by atoms with Crippen LogP contribution in [0.25, 0.3) is 6.08 Å². The van der Waals surface area contributed by atoms with Gasteiger partial charge >= 0.3 is 0 Å². The minimum absolute atomic E-state index is 0.152. The van der Waals surface area contributed by atoms with Crippen molar-refractivity contribution in [3.63, 3.8) is 0 Å². The molecule has 0 heterocycles. The van der Waals surface area contributed by atoms with Crippen LogP contribution in [0.4, 0.5) is 5.69 Å². The Kier molecular flexibility index (Phi) is 6.20. The van der Waals surface area contributed by atoms with Gasteiger partial charge in [-0.2, -0.15) is 0 Å². The van der Waals surface area contributed by atoms with Gasteiger partial charge in [0.25, 0.3) is 0 Å². The van der Waals surface area contributed by atoms with Crippen LogP contribution in [0.1, 0.15) is 16.7 Å². The fraction of sp³-hybridized carbons (Fsp3) is 0.150. The van der Waals surface area contributed by atoms with E-state index >= 15 is 0 Å². The van der Waals surface area contributed by atoms with E-state index in [4.69, 9.17) is 10.5 Å². The first kappa shape index (κ1) is 17.3. The first-order valence-corrected chi connectivity index (χ1v) is 7.73. The van der Waals surface area contributed by atoms with E-state index in [-0.39, 0.29) is 5.91 Å². The lowest BCUT2D eigenvalue weighted by Gasteiger charge is -2.07. The fourth-order valence-electron chi connectivity index (χ4n) is 2.08. The lowest BCUT2D eigenvalue weighted by atomic mass is 10.1. The quantitative estimate of drug-likeness (QED) is 0.466. The molecule has 0 unspecified atom stereocenters. The van der Waals surface area contributed by atoms with Gasteiger partial charge in [-0.1, -0.05) is 48.6 Å². The van der Waals surface area contributed by atoms with Gasteiger partial charge in [0.05, 0.1) is 5.69 Å². The largest absolute Gasteiger partial charge is 0.487 e. The van der Waals surface area contributed by atoms with Crippen LogP contribution in [-0.2, 0) is 11.3 Å². The molecule has 2 rings (SSSR count). The molecular formula is C20H22N2O2. The smallest absolute Gasteiger partial charge is 0.244 e. The van der Waals surface area contributed by atoms with Crippen molar-refractivity contribution >= 4 is 17.7 Å². The van der Waals surface area contributed by atoms with Crippen molar-refractivity contribution in [1.29, 1.82) is 0 Å². The normalized spacial score (nSPS) is 10.5. The summed E-state index contributed by atoms with van der Waals surface area (Å²) in [7, 11) is 0. The number of hydrogen-bond donors (Lipinski definition) is 2. The summed E-state index contributed by atoms with van der Waals surface area (Å²) in [5.41, 5.74) is 9.55. The summed E-state index contributed by atoms with van der Waals surface area (Å²) in [5.74, 6) is 0.456. The van der Waals surface area contributed by atoms with Crippen molar-refractivity contribution in [3.8, 4) is 5.75 Å². The molecule has 3 N–H and O–H groups in total. The number of nitrogens with two attached hydrogens (primary N) is 1. The highest BCUT2D eigenvalue weighted by molar-refractivity contribution is 5.91. The van der Waals surface area contributed by atoms with E-state index in [1.807, 2.05) is 37.3 Å². The van der Waals surface area contributed by atoms with Gasteiger partial charge in [-0.25, -0.2) is 0 Å². The first-order chi connectivity index (χ1) is 11.6. The van der Waals surface area contributed by atoms with Gasteiger partial charge in [0.2, 0.25) is 5.91 Å². The second kappa shape index (κ2) is 8.58. The van der Waals surface area contributed by atoms with E-state index in [2.05, 4.69) is 11.9 Å². The maximum atomic E-state index is 11.9.